The maximum absolute atomic E-state index is 12.5. The number of aromatic nitrogens is 3. The number of ether oxygens (including phenoxy) is 3. The number of hydrogen-bond acceptors (Lipinski definition) is 9. The summed E-state index contributed by atoms with van der Waals surface area (Å²) in [6, 6.07) is 11.1. The van der Waals surface area contributed by atoms with Crippen LogP contribution < -0.4 is 25.4 Å². The first-order valence-electron chi connectivity index (χ1n) is 11.0. The molecule has 0 bridgehead atoms. The number of hydrogen-bond donors (Lipinski definition) is 3. The zero-order chi connectivity index (χ0) is 23.9. The van der Waals surface area contributed by atoms with Crippen LogP contribution in [-0.4, -0.2) is 54.6 Å². The fourth-order valence-corrected chi connectivity index (χ4v) is 3.54. The van der Waals surface area contributed by atoms with Crippen molar-refractivity contribution in [1.82, 2.24) is 20.5 Å². The third kappa shape index (κ3) is 5.52. The second-order valence-electron chi connectivity index (χ2n) is 7.81. The molecule has 0 radical (unpaired) electrons. The average Bonchev–Trinajstić information content (AvgIpc) is 2.86. The van der Waals surface area contributed by atoms with Crippen molar-refractivity contribution in [3.8, 4) is 11.5 Å². The molecule has 0 saturated carbocycles. The Labute approximate surface area is 198 Å². The molecule has 3 heterocycles. The average molecular weight is 465 g/mol. The smallest absolute Gasteiger partial charge is 0.273 e. The number of nitrogens with one attached hydrogen (secondary N) is 3. The van der Waals surface area contributed by atoms with Gasteiger partial charge in [-0.2, -0.15) is 0 Å². The number of para-hydroxylation sites is 1. The molecule has 10 nitrogen and oxygen atoms in total. The van der Waals surface area contributed by atoms with Crippen LogP contribution in [0.1, 0.15) is 28.9 Å². The maximum Gasteiger partial charge on any atom is 0.273 e. The highest BCUT2D eigenvalue weighted by Crippen LogP contribution is 2.38. The summed E-state index contributed by atoms with van der Waals surface area (Å²) in [5, 5.41) is 17.2. The van der Waals surface area contributed by atoms with Gasteiger partial charge in [0.25, 0.3) is 5.91 Å². The summed E-state index contributed by atoms with van der Waals surface area (Å²) in [5.74, 6) is 1.82. The molecule has 0 spiro atoms. The van der Waals surface area contributed by atoms with Crippen LogP contribution in [-0.2, 0) is 4.74 Å². The van der Waals surface area contributed by atoms with E-state index in [1.807, 2.05) is 37.3 Å². The SMILES string of the molecule is CNC(=O)c1nnc(Nc2ccc(C)cn2)cc1Nc1cccc(OC2CCOCC2)c1OC. The van der Waals surface area contributed by atoms with Gasteiger partial charge in [-0.3, -0.25) is 4.79 Å². The minimum atomic E-state index is -0.372. The molecule has 1 amide bonds. The van der Waals surface area contributed by atoms with Gasteiger partial charge in [0.2, 0.25) is 0 Å². The monoisotopic (exact) mass is 464 g/mol. The highest BCUT2D eigenvalue weighted by molar-refractivity contribution is 5.98. The van der Waals surface area contributed by atoms with E-state index >= 15 is 0 Å². The first kappa shape index (κ1) is 23.2. The molecule has 34 heavy (non-hydrogen) atoms. The number of carbonyl (C=O) groups is 1. The molecular formula is C24H28N6O4. The Morgan fingerprint density at radius 2 is 1.88 bits per heavy atom. The molecular weight excluding hydrogens is 436 g/mol. The van der Waals surface area contributed by atoms with Gasteiger partial charge in [0.1, 0.15) is 11.9 Å². The second-order valence-corrected chi connectivity index (χ2v) is 7.81. The van der Waals surface area contributed by atoms with Crippen LogP contribution in [0.25, 0.3) is 0 Å². The van der Waals surface area contributed by atoms with Crippen molar-refractivity contribution in [2.75, 3.05) is 38.0 Å². The Morgan fingerprint density at radius 3 is 2.59 bits per heavy atom. The van der Waals surface area contributed by atoms with E-state index < -0.39 is 0 Å². The normalized spacial score (nSPS) is 13.7. The van der Waals surface area contributed by atoms with Crippen molar-refractivity contribution in [3.05, 3.63) is 53.9 Å². The number of benzene rings is 1. The zero-order valence-electron chi connectivity index (χ0n) is 19.4. The van der Waals surface area contributed by atoms with Gasteiger partial charge in [0.05, 0.1) is 31.7 Å². The van der Waals surface area contributed by atoms with Gasteiger partial charge >= 0.3 is 0 Å². The number of carbonyl (C=O) groups excluding carboxylic acids is 1. The number of methoxy groups -OCH3 is 1. The highest BCUT2D eigenvalue weighted by atomic mass is 16.5. The third-order valence-corrected chi connectivity index (χ3v) is 5.32. The van der Waals surface area contributed by atoms with Gasteiger partial charge in [0, 0.05) is 32.2 Å². The predicted octanol–water partition coefficient (Wildman–Crippen LogP) is 3.59. The van der Waals surface area contributed by atoms with E-state index in [0.29, 0.717) is 47.7 Å². The number of aryl methyl sites for hydroxylation is 1. The molecule has 4 rings (SSSR count). The molecule has 3 N–H and O–H groups in total. The Kier molecular flexibility index (Phi) is 7.38. The third-order valence-electron chi connectivity index (χ3n) is 5.32. The first-order valence-corrected chi connectivity index (χ1v) is 11.0. The quantitative estimate of drug-likeness (QED) is 0.459. The van der Waals surface area contributed by atoms with Crippen molar-refractivity contribution in [3.63, 3.8) is 0 Å². The van der Waals surface area contributed by atoms with Crippen LogP contribution >= 0.6 is 0 Å². The lowest BCUT2D eigenvalue weighted by atomic mass is 10.1. The van der Waals surface area contributed by atoms with Crippen molar-refractivity contribution in [2.45, 2.75) is 25.9 Å². The molecule has 178 valence electrons. The molecule has 1 aliphatic rings. The minimum Gasteiger partial charge on any atom is -0.491 e. The topological polar surface area (TPSA) is 120 Å². The van der Waals surface area contributed by atoms with E-state index in [1.165, 1.54) is 0 Å². The number of nitrogens with zero attached hydrogens (tertiary/aromatic N) is 3. The number of amides is 1. The summed E-state index contributed by atoms with van der Waals surface area (Å²) >= 11 is 0. The summed E-state index contributed by atoms with van der Waals surface area (Å²) in [6.07, 6.45) is 3.44. The van der Waals surface area contributed by atoms with Crippen LogP contribution in [0.2, 0.25) is 0 Å². The minimum absolute atomic E-state index is 0.0553. The maximum atomic E-state index is 12.5. The molecule has 1 saturated heterocycles. The van der Waals surface area contributed by atoms with Crippen molar-refractivity contribution in [2.24, 2.45) is 0 Å². The van der Waals surface area contributed by atoms with E-state index in [1.54, 1.807) is 26.4 Å². The Morgan fingerprint density at radius 1 is 1.06 bits per heavy atom. The van der Waals surface area contributed by atoms with Crippen molar-refractivity contribution >= 4 is 28.9 Å². The van der Waals surface area contributed by atoms with E-state index in [4.69, 9.17) is 14.2 Å². The van der Waals surface area contributed by atoms with Crippen LogP contribution in [0.15, 0.2) is 42.6 Å². The van der Waals surface area contributed by atoms with E-state index in [0.717, 1.165) is 18.4 Å². The molecule has 1 aliphatic heterocycles. The van der Waals surface area contributed by atoms with Gasteiger partial charge in [-0.05, 0) is 30.7 Å². The number of anilines is 4. The Hall–Kier alpha value is -3.92. The first-order chi connectivity index (χ1) is 16.6. The van der Waals surface area contributed by atoms with Crippen LogP contribution in [0.3, 0.4) is 0 Å². The lowest BCUT2D eigenvalue weighted by Crippen LogP contribution is -2.26. The van der Waals surface area contributed by atoms with E-state index in [2.05, 4.69) is 31.1 Å². The summed E-state index contributed by atoms with van der Waals surface area (Å²) in [4.78, 5) is 16.8. The lowest BCUT2D eigenvalue weighted by molar-refractivity contribution is 0.0246. The van der Waals surface area contributed by atoms with E-state index in [9.17, 15) is 4.79 Å². The summed E-state index contributed by atoms with van der Waals surface area (Å²) < 4.78 is 17.3. The van der Waals surface area contributed by atoms with Gasteiger partial charge in [-0.25, -0.2) is 4.98 Å². The van der Waals surface area contributed by atoms with Crippen molar-refractivity contribution < 1.29 is 19.0 Å². The number of rotatable bonds is 8. The molecule has 0 aliphatic carbocycles. The van der Waals surface area contributed by atoms with E-state index in [-0.39, 0.29) is 17.7 Å². The fraction of sp³-hybridized carbons (Fsp3) is 0.333. The van der Waals surface area contributed by atoms with Crippen LogP contribution in [0.5, 0.6) is 11.5 Å². The number of pyridine rings is 1. The largest absolute Gasteiger partial charge is 0.491 e. The summed E-state index contributed by atoms with van der Waals surface area (Å²) in [7, 11) is 3.12. The Bertz CT molecular complexity index is 1130. The van der Waals surface area contributed by atoms with Gasteiger partial charge < -0.3 is 30.2 Å². The standard InChI is InChI=1S/C24H28N6O4/c1-15-7-8-20(26-14-15)28-21-13-18(22(30-29-21)24(31)25-2)27-17-5-4-6-19(23(17)32-3)34-16-9-11-33-12-10-16/h4-8,13-14,16H,9-12H2,1-3H3,(H,25,31)(H2,26,27,28,29). The molecule has 1 aromatic carbocycles. The zero-order valence-corrected chi connectivity index (χ0v) is 19.4. The van der Waals surface area contributed by atoms with Gasteiger partial charge in [-0.1, -0.05) is 12.1 Å². The highest BCUT2D eigenvalue weighted by Gasteiger charge is 2.21. The molecule has 1 fully saturated rings. The van der Waals surface area contributed by atoms with Gasteiger partial charge in [0.15, 0.2) is 23.0 Å². The van der Waals surface area contributed by atoms with Gasteiger partial charge in [-0.15, -0.1) is 10.2 Å². The summed E-state index contributed by atoms with van der Waals surface area (Å²) in [6.45, 7) is 3.31. The molecule has 0 atom stereocenters. The van der Waals surface area contributed by atoms with Crippen LogP contribution in [0.4, 0.5) is 23.0 Å². The fourth-order valence-electron chi connectivity index (χ4n) is 3.54. The van der Waals surface area contributed by atoms with Crippen LogP contribution in [0, 0.1) is 6.92 Å². The predicted molar refractivity (Wildman–Crippen MR) is 128 cm³/mol. The summed E-state index contributed by atoms with van der Waals surface area (Å²) in [5.41, 5.74) is 2.27. The lowest BCUT2D eigenvalue weighted by Gasteiger charge is -2.25. The van der Waals surface area contributed by atoms with Crippen molar-refractivity contribution in [1.29, 1.82) is 0 Å². The molecule has 0 unspecified atom stereocenters. The molecule has 2 aromatic heterocycles. The second kappa shape index (κ2) is 10.8. The Balaban J connectivity index is 1.63. The molecule has 10 heteroatoms. The molecule has 3 aromatic rings.